The molecule has 0 amide bonds. The van der Waals surface area contributed by atoms with Gasteiger partial charge in [-0.05, 0) is 68.1 Å². The molecule has 0 radical (unpaired) electrons. The van der Waals surface area contributed by atoms with Gasteiger partial charge in [0.05, 0.1) is 18.2 Å². The van der Waals surface area contributed by atoms with Crippen LogP contribution in [0.1, 0.15) is 36.6 Å². The monoisotopic (exact) mass is 481 g/mol. The van der Waals surface area contributed by atoms with Crippen LogP contribution in [-0.2, 0) is 10.0 Å². The Bertz CT molecular complexity index is 1380. The Hall–Kier alpha value is -3.56. The van der Waals surface area contributed by atoms with E-state index in [1.54, 1.807) is 30.3 Å². The number of phenols is 1. The fourth-order valence-corrected chi connectivity index (χ4v) is 4.86. The van der Waals surface area contributed by atoms with Crippen molar-refractivity contribution in [1.82, 2.24) is 10.2 Å². The van der Waals surface area contributed by atoms with Crippen LogP contribution in [0.2, 0.25) is 0 Å². The van der Waals surface area contributed by atoms with Crippen molar-refractivity contribution in [3.63, 3.8) is 0 Å². The lowest BCUT2D eigenvalue weighted by Gasteiger charge is -2.14. The molecule has 0 aliphatic heterocycles. The number of ether oxygens (including phenoxy) is 1. The van der Waals surface area contributed by atoms with Gasteiger partial charge in [-0.15, -0.1) is 0 Å². The van der Waals surface area contributed by atoms with E-state index in [-0.39, 0.29) is 10.6 Å². The summed E-state index contributed by atoms with van der Waals surface area (Å²) >= 11 is 0. The smallest absolute Gasteiger partial charge is 0.265 e. The van der Waals surface area contributed by atoms with E-state index < -0.39 is 16.1 Å². The number of nitrogens with zero attached hydrogens (tertiary/aromatic N) is 1. The molecule has 34 heavy (non-hydrogen) atoms. The molecule has 4 rings (SSSR count). The van der Waals surface area contributed by atoms with E-state index in [9.17, 15) is 18.6 Å². The van der Waals surface area contributed by atoms with Gasteiger partial charge in [0.2, 0.25) is 0 Å². The molecule has 8 nitrogen and oxygen atoms in total. The minimum absolute atomic E-state index is 0.206. The van der Waals surface area contributed by atoms with E-state index in [1.807, 2.05) is 25.1 Å². The van der Waals surface area contributed by atoms with Crippen molar-refractivity contribution >= 4 is 26.6 Å². The van der Waals surface area contributed by atoms with Gasteiger partial charge in [-0.2, -0.15) is 5.10 Å². The molecule has 0 spiro atoms. The van der Waals surface area contributed by atoms with Crippen LogP contribution in [0.15, 0.2) is 71.6 Å². The van der Waals surface area contributed by atoms with Crippen molar-refractivity contribution in [3.05, 3.63) is 78.0 Å². The van der Waals surface area contributed by atoms with Gasteiger partial charge < -0.3 is 14.9 Å². The van der Waals surface area contributed by atoms with Gasteiger partial charge in [0, 0.05) is 22.8 Å². The minimum atomic E-state index is -3.95. The molecule has 0 saturated carbocycles. The summed E-state index contributed by atoms with van der Waals surface area (Å²) in [5.41, 5.74) is 2.80. The number of para-hydroxylation sites is 1. The number of aromatic amines is 1. The molecule has 0 saturated heterocycles. The van der Waals surface area contributed by atoms with E-state index in [4.69, 9.17) is 4.74 Å². The number of aliphatic hydroxyl groups excluding tert-OH is 1. The number of benzene rings is 3. The number of hydrogen-bond acceptors (Lipinski definition) is 6. The molecule has 0 aliphatic carbocycles. The quantitative estimate of drug-likeness (QED) is 0.244. The zero-order valence-electron chi connectivity index (χ0n) is 18.7. The predicted octanol–water partition coefficient (Wildman–Crippen LogP) is 4.66. The molecule has 9 heteroatoms. The topological polar surface area (TPSA) is 125 Å². The van der Waals surface area contributed by atoms with Crippen LogP contribution in [0, 0.1) is 6.92 Å². The molecular formula is C25H27N3O5S. The number of unbranched alkanes of at least 4 members (excludes halogenated alkanes) is 1. The third-order valence-electron chi connectivity index (χ3n) is 5.54. The van der Waals surface area contributed by atoms with Crippen molar-refractivity contribution in [2.24, 2.45) is 0 Å². The molecular weight excluding hydrogens is 454 g/mol. The number of anilines is 1. The fraction of sp³-hybridized carbons (Fsp3) is 0.240. The first-order chi connectivity index (χ1) is 16.3. The maximum absolute atomic E-state index is 12.6. The molecule has 0 fully saturated rings. The van der Waals surface area contributed by atoms with Crippen molar-refractivity contribution in [1.29, 1.82) is 0 Å². The Balaban J connectivity index is 1.28. The lowest BCUT2D eigenvalue weighted by molar-refractivity contribution is 0.160. The number of phenolic OH excluding ortho intramolecular Hbond substituents is 1. The van der Waals surface area contributed by atoms with E-state index in [0.717, 1.165) is 35.2 Å². The van der Waals surface area contributed by atoms with Gasteiger partial charge in [-0.3, -0.25) is 9.82 Å². The highest BCUT2D eigenvalue weighted by molar-refractivity contribution is 7.92. The number of nitrogens with one attached hydrogen (secondary N) is 2. The fourth-order valence-electron chi connectivity index (χ4n) is 3.72. The number of aryl methyl sites for hydroxylation is 1. The average Bonchev–Trinajstić information content (AvgIpc) is 3.19. The molecule has 178 valence electrons. The Morgan fingerprint density at radius 2 is 1.88 bits per heavy atom. The normalized spacial score (nSPS) is 12.5. The zero-order chi connectivity index (χ0) is 24.1. The first-order valence-corrected chi connectivity index (χ1v) is 12.5. The van der Waals surface area contributed by atoms with Gasteiger partial charge in [-0.25, -0.2) is 8.42 Å². The second kappa shape index (κ2) is 10.1. The summed E-state index contributed by atoms with van der Waals surface area (Å²) in [5.74, 6) is 0.428. The number of rotatable bonds is 10. The third-order valence-corrected chi connectivity index (χ3v) is 6.96. The van der Waals surface area contributed by atoms with E-state index in [1.165, 1.54) is 18.2 Å². The van der Waals surface area contributed by atoms with Crippen molar-refractivity contribution in [3.8, 4) is 11.5 Å². The highest BCUT2D eigenvalue weighted by Gasteiger charge is 2.18. The van der Waals surface area contributed by atoms with Crippen LogP contribution in [0.5, 0.6) is 11.5 Å². The molecule has 4 N–H and O–H groups in total. The number of H-pyrrole nitrogens is 1. The molecule has 1 atom stereocenters. The minimum Gasteiger partial charge on any atom is -0.507 e. The Morgan fingerprint density at radius 3 is 2.71 bits per heavy atom. The molecule has 0 aliphatic rings. The Morgan fingerprint density at radius 1 is 1.06 bits per heavy atom. The highest BCUT2D eigenvalue weighted by atomic mass is 32.2. The van der Waals surface area contributed by atoms with E-state index in [2.05, 4.69) is 14.9 Å². The summed E-state index contributed by atoms with van der Waals surface area (Å²) in [5, 5.41) is 28.7. The van der Waals surface area contributed by atoms with Crippen LogP contribution in [0.3, 0.4) is 0 Å². The Labute approximate surface area is 198 Å². The largest absolute Gasteiger partial charge is 0.507 e. The number of hydrogen-bond donors (Lipinski definition) is 4. The number of aromatic hydroxyl groups is 1. The maximum Gasteiger partial charge on any atom is 0.265 e. The van der Waals surface area contributed by atoms with Crippen molar-refractivity contribution in [2.75, 3.05) is 11.3 Å². The maximum atomic E-state index is 12.6. The third kappa shape index (κ3) is 5.49. The molecule has 1 aromatic heterocycles. The summed E-state index contributed by atoms with van der Waals surface area (Å²) in [7, 11) is -3.95. The van der Waals surface area contributed by atoms with Crippen molar-refractivity contribution < 1.29 is 23.4 Å². The van der Waals surface area contributed by atoms with Crippen LogP contribution in [0.25, 0.3) is 10.9 Å². The lowest BCUT2D eigenvalue weighted by Crippen LogP contribution is -2.13. The number of aromatic nitrogens is 2. The van der Waals surface area contributed by atoms with Gasteiger partial charge >= 0.3 is 0 Å². The molecule has 0 unspecified atom stereocenters. The Kier molecular flexibility index (Phi) is 7.04. The predicted molar refractivity (Wildman–Crippen MR) is 130 cm³/mol. The van der Waals surface area contributed by atoms with Crippen LogP contribution >= 0.6 is 0 Å². The van der Waals surface area contributed by atoms with Gasteiger partial charge in [0.25, 0.3) is 10.0 Å². The summed E-state index contributed by atoms with van der Waals surface area (Å²) in [6.45, 7) is 2.49. The summed E-state index contributed by atoms with van der Waals surface area (Å²) in [6.07, 6.45) is 1.27. The molecule has 1 heterocycles. The van der Waals surface area contributed by atoms with Gasteiger partial charge in [0.1, 0.15) is 16.4 Å². The van der Waals surface area contributed by atoms with Crippen LogP contribution in [-0.4, -0.2) is 35.4 Å². The van der Waals surface area contributed by atoms with Crippen LogP contribution in [0.4, 0.5) is 5.69 Å². The second-order valence-corrected chi connectivity index (χ2v) is 9.74. The zero-order valence-corrected chi connectivity index (χ0v) is 19.5. The average molecular weight is 482 g/mol. The van der Waals surface area contributed by atoms with Crippen LogP contribution < -0.4 is 9.46 Å². The number of fused-ring (bicyclic) bond motifs is 1. The van der Waals surface area contributed by atoms with Gasteiger partial charge in [0.15, 0.2) is 0 Å². The first-order valence-electron chi connectivity index (χ1n) is 11.0. The summed E-state index contributed by atoms with van der Waals surface area (Å²) < 4.78 is 33.4. The standard InChI is InChI=1S/C25H27N3O5S/c1-17-21-13-12-20(16-22(21)27-26-17)33-14-5-4-9-23(29)18-7-6-8-19(15-18)28-34(31,32)25-11-3-2-10-24(25)30/h2-3,6-8,10-13,15-16,23,28-30H,4-5,9,14H2,1H3,(H,26,27)/t23-/m0/s1. The highest BCUT2D eigenvalue weighted by Crippen LogP contribution is 2.27. The van der Waals surface area contributed by atoms with Gasteiger partial charge in [-0.1, -0.05) is 24.3 Å². The van der Waals surface area contributed by atoms with E-state index in [0.29, 0.717) is 24.3 Å². The molecule has 4 aromatic rings. The summed E-state index contributed by atoms with van der Waals surface area (Å²) in [6, 6.07) is 18.1. The molecule has 0 bridgehead atoms. The van der Waals surface area contributed by atoms with Crippen molar-refractivity contribution in [2.45, 2.75) is 37.2 Å². The number of aliphatic hydroxyl groups is 1. The summed E-state index contributed by atoms with van der Waals surface area (Å²) in [4.78, 5) is -0.206. The van der Waals surface area contributed by atoms with E-state index >= 15 is 0 Å². The second-order valence-electron chi connectivity index (χ2n) is 8.09. The molecule has 3 aromatic carbocycles. The number of sulfonamides is 1. The SMILES string of the molecule is Cc1[nH]nc2cc(OCCCC[C@H](O)c3cccc(NS(=O)(=O)c4ccccc4O)c3)ccc12. The first kappa shape index (κ1) is 23.6. The lowest BCUT2D eigenvalue weighted by atomic mass is 10.0.